The lowest BCUT2D eigenvalue weighted by molar-refractivity contribution is 0.0997. The van der Waals surface area contributed by atoms with Crippen molar-refractivity contribution in [2.75, 3.05) is 17.3 Å². The molecule has 8 heteroatoms. The van der Waals surface area contributed by atoms with Gasteiger partial charge in [-0.1, -0.05) is 56.1 Å². The second-order valence-electron chi connectivity index (χ2n) is 8.40. The fourth-order valence-corrected chi connectivity index (χ4v) is 3.63. The van der Waals surface area contributed by atoms with Gasteiger partial charge in [-0.25, -0.2) is 4.98 Å². The first-order chi connectivity index (χ1) is 15.0. The molecule has 166 valence electrons. The Hall–Kier alpha value is -3.09. The molecule has 2 aromatic carbocycles. The predicted molar refractivity (Wildman–Crippen MR) is 130 cm³/mol. The number of rotatable bonds is 5. The number of carbonyl (C=O) groups is 2. The summed E-state index contributed by atoms with van der Waals surface area (Å²) in [5, 5.41) is 3.54. The molecule has 0 bridgehead atoms. The Kier molecular flexibility index (Phi) is 6.77. The van der Waals surface area contributed by atoms with Gasteiger partial charge in [0.05, 0.1) is 21.3 Å². The Morgan fingerprint density at radius 1 is 0.969 bits per heavy atom. The lowest BCUT2D eigenvalue weighted by Gasteiger charge is -2.22. The third kappa shape index (κ3) is 5.21. The fourth-order valence-electron chi connectivity index (χ4n) is 3.09. The zero-order valence-electron chi connectivity index (χ0n) is 18.2. The summed E-state index contributed by atoms with van der Waals surface area (Å²) in [4.78, 5) is 30.0. The molecule has 2 amide bonds. The monoisotopic (exact) mass is 470 g/mol. The third-order valence-electron chi connectivity index (χ3n) is 5.00. The Balaban J connectivity index is 1.85. The number of nitrogens with two attached hydrogens (primary N) is 1. The summed E-state index contributed by atoms with van der Waals surface area (Å²) in [5.41, 5.74) is 8.32. The molecule has 0 aliphatic carbocycles. The molecule has 0 aliphatic heterocycles. The topological polar surface area (TPSA) is 88.3 Å². The fraction of sp³-hybridized carbons (Fsp3) is 0.208. The van der Waals surface area contributed by atoms with Crippen LogP contribution >= 0.6 is 23.2 Å². The first-order valence-corrected chi connectivity index (χ1v) is 10.6. The van der Waals surface area contributed by atoms with Crippen molar-refractivity contribution in [3.8, 4) is 0 Å². The summed E-state index contributed by atoms with van der Waals surface area (Å²) < 4.78 is 0. The highest BCUT2D eigenvalue weighted by atomic mass is 35.5. The van der Waals surface area contributed by atoms with Crippen LogP contribution in [0.4, 0.5) is 17.2 Å². The molecule has 0 fully saturated rings. The number of amides is 2. The van der Waals surface area contributed by atoms with Crippen molar-refractivity contribution in [3.05, 3.63) is 81.5 Å². The highest BCUT2D eigenvalue weighted by molar-refractivity contribution is 6.35. The molecular formula is C24H24Cl2N4O2. The smallest absolute Gasteiger partial charge is 0.255 e. The molecule has 0 saturated carbocycles. The maximum absolute atomic E-state index is 12.8. The van der Waals surface area contributed by atoms with Gasteiger partial charge in [0.15, 0.2) is 5.82 Å². The number of pyridine rings is 1. The van der Waals surface area contributed by atoms with Crippen LogP contribution in [0.3, 0.4) is 0 Å². The van der Waals surface area contributed by atoms with Gasteiger partial charge in [-0.2, -0.15) is 0 Å². The van der Waals surface area contributed by atoms with Crippen LogP contribution in [0.25, 0.3) is 0 Å². The summed E-state index contributed by atoms with van der Waals surface area (Å²) in [5.74, 6) is -0.530. The van der Waals surface area contributed by atoms with Crippen LogP contribution in [0.15, 0.2) is 54.7 Å². The first-order valence-electron chi connectivity index (χ1n) is 9.88. The molecular weight excluding hydrogens is 447 g/mol. The molecule has 0 unspecified atom stereocenters. The van der Waals surface area contributed by atoms with Crippen molar-refractivity contribution in [2.45, 2.75) is 26.2 Å². The molecule has 0 radical (unpaired) electrons. The quantitative estimate of drug-likeness (QED) is 0.492. The maximum atomic E-state index is 12.8. The van der Waals surface area contributed by atoms with E-state index >= 15 is 0 Å². The van der Waals surface area contributed by atoms with E-state index in [1.165, 1.54) is 17.8 Å². The number of hydrogen-bond donors (Lipinski definition) is 2. The zero-order valence-corrected chi connectivity index (χ0v) is 19.8. The summed E-state index contributed by atoms with van der Waals surface area (Å²) in [6, 6.07) is 14.1. The van der Waals surface area contributed by atoms with E-state index in [-0.39, 0.29) is 21.9 Å². The first kappa shape index (κ1) is 23.6. The molecule has 32 heavy (non-hydrogen) atoms. The highest BCUT2D eigenvalue weighted by Crippen LogP contribution is 2.34. The summed E-state index contributed by atoms with van der Waals surface area (Å²) >= 11 is 12.7. The van der Waals surface area contributed by atoms with Crippen LogP contribution in [0.1, 0.15) is 47.1 Å². The van der Waals surface area contributed by atoms with Gasteiger partial charge in [0.2, 0.25) is 5.91 Å². The molecule has 0 aliphatic rings. The molecule has 6 nitrogen and oxygen atoms in total. The number of aromatic nitrogens is 1. The van der Waals surface area contributed by atoms with Gasteiger partial charge in [0.25, 0.3) is 5.91 Å². The van der Waals surface area contributed by atoms with Gasteiger partial charge in [-0.3, -0.25) is 9.59 Å². The average molecular weight is 471 g/mol. The van der Waals surface area contributed by atoms with Gasteiger partial charge in [-0.15, -0.1) is 0 Å². The minimum atomic E-state index is -0.624. The number of halogens is 2. The number of nitrogens with one attached hydrogen (secondary N) is 1. The molecule has 3 rings (SSSR count). The van der Waals surface area contributed by atoms with E-state index in [0.717, 1.165) is 0 Å². The minimum absolute atomic E-state index is 0.0309. The highest BCUT2D eigenvalue weighted by Gasteiger charge is 2.18. The molecule has 0 atom stereocenters. The number of hydrogen-bond acceptors (Lipinski definition) is 4. The van der Waals surface area contributed by atoms with E-state index in [1.54, 1.807) is 30.1 Å². The summed E-state index contributed by atoms with van der Waals surface area (Å²) in [6.45, 7) is 6.40. The zero-order chi connectivity index (χ0) is 23.6. The second-order valence-corrected chi connectivity index (χ2v) is 9.21. The van der Waals surface area contributed by atoms with Crippen molar-refractivity contribution in [2.24, 2.45) is 5.73 Å². The molecule has 3 aromatic rings. The summed E-state index contributed by atoms with van der Waals surface area (Å²) in [7, 11) is 1.71. The van der Waals surface area contributed by atoms with E-state index in [4.69, 9.17) is 28.9 Å². The van der Waals surface area contributed by atoms with E-state index in [9.17, 15) is 9.59 Å². The Morgan fingerprint density at radius 2 is 1.62 bits per heavy atom. The number of benzene rings is 2. The third-order valence-corrected chi connectivity index (χ3v) is 5.60. The SMILES string of the molecule is CN(c1cc(C(=O)Nc2ccc(C(C)(C)C)cc2)ccc1Cl)c1ncc(C(N)=O)cc1Cl. The van der Waals surface area contributed by atoms with Crippen LogP contribution in [0.5, 0.6) is 0 Å². The van der Waals surface area contributed by atoms with Crippen molar-refractivity contribution >= 4 is 52.2 Å². The van der Waals surface area contributed by atoms with Crippen LogP contribution < -0.4 is 16.0 Å². The lowest BCUT2D eigenvalue weighted by atomic mass is 9.87. The standard InChI is InChI=1S/C24H24Cl2N4O2/c1-24(2,3)16-6-8-17(9-7-16)29-23(32)14-5-10-18(25)20(12-14)30(4)22-19(26)11-15(13-28-22)21(27)31/h5-13H,1-4H3,(H2,27,31)(H,29,32). The van der Waals surface area contributed by atoms with Gasteiger partial charge in [0.1, 0.15) is 0 Å². The van der Waals surface area contributed by atoms with Crippen molar-refractivity contribution < 1.29 is 9.59 Å². The Bertz CT molecular complexity index is 1170. The van der Waals surface area contributed by atoms with Crippen LogP contribution in [0.2, 0.25) is 10.0 Å². The van der Waals surface area contributed by atoms with E-state index in [1.807, 2.05) is 24.3 Å². The van der Waals surface area contributed by atoms with E-state index in [0.29, 0.717) is 27.8 Å². The number of anilines is 3. The molecule has 1 aromatic heterocycles. The largest absolute Gasteiger partial charge is 0.366 e. The Labute approximate surface area is 197 Å². The van der Waals surface area contributed by atoms with Crippen LogP contribution in [-0.2, 0) is 5.41 Å². The van der Waals surface area contributed by atoms with Crippen molar-refractivity contribution in [1.29, 1.82) is 0 Å². The number of primary amides is 1. The van der Waals surface area contributed by atoms with Crippen molar-refractivity contribution in [3.63, 3.8) is 0 Å². The average Bonchev–Trinajstić information content (AvgIpc) is 2.73. The van der Waals surface area contributed by atoms with Gasteiger partial charge in [0, 0.05) is 24.5 Å². The normalized spacial score (nSPS) is 11.2. The summed E-state index contributed by atoms with van der Waals surface area (Å²) in [6.07, 6.45) is 1.34. The van der Waals surface area contributed by atoms with Gasteiger partial charge in [-0.05, 0) is 47.4 Å². The van der Waals surface area contributed by atoms with E-state index in [2.05, 4.69) is 31.1 Å². The predicted octanol–water partition coefficient (Wildman–Crippen LogP) is 5.81. The molecule has 3 N–H and O–H groups in total. The lowest BCUT2D eigenvalue weighted by Crippen LogP contribution is -2.17. The second kappa shape index (κ2) is 9.18. The van der Waals surface area contributed by atoms with E-state index < -0.39 is 5.91 Å². The molecule has 0 spiro atoms. The molecule has 0 saturated heterocycles. The van der Waals surface area contributed by atoms with Crippen molar-refractivity contribution in [1.82, 2.24) is 4.98 Å². The molecule has 1 heterocycles. The number of nitrogens with zero attached hydrogens (tertiary/aromatic N) is 2. The Morgan fingerprint density at radius 3 is 2.19 bits per heavy atom. The van der Waals surface area contributed by atoms with Crippen LogP contribution in [-0.4, -0.2) is 23.8 Å². The minimum Gasteiger partial charge on any atom is -0.366 e. The van der Waals surface area contributed by atoms with Gasteiger partial charge >= 0.3 is 0 Å². The maximum Gasteiger partial charge on any atom is 0.255 e. The number of carbonyl (C=O) groups excluding carboxylic acids is 2. The van der Waals surface area contributed by atoms with Gasteiger partial charge < -0.3 is 16.0 Å². The van der Waals surface area contributed by atoms with Crippen LogP contribution in [0, 0.1) is 0 Å².